The van der Waals surface area contributed by atoms with Gasteiger partial charge in [-0.25, -0.2) is 9.89 Å². The van der Waals surface area contributed by atoms with E-state index in [1.165, 1.54) is 25.7 Å². The largest absolute Gasteiger partial charge is 0.377 e. The first-order valence-electron chi connectivity index (χ1n) is 6.83. The van der Waals surface area contributed by atoms with Gasteiger partial charge in [0.2, 0.25) is 0 Å². The summed E-state index contributed by atoms with van der Waals surface area (Å²) >= 11 is 0. The first-order chi connectivity index (χ1) is 8.83. The molecule has 1 aromatic heterocycles. The molecule has 1 saturated heterocycles. The summed E-state index contributed by atoms with van der Waals surface area (Å²) in [4.78, 5) is 16.3. The van der Waals surface area contributed by atoms with Crippen molar-refractivity contribution in [3.8, 4) is 0 Å². The van der Waals surface area contributed by atoms with Crippen LogP contribution in [0.25, 0.3) is 0 Å². The highest BCUT2D eigenvalue weighted by molar-refractivity contribution is 4.94. The van der Waals surface area contributed by atoms with Gasteiger partial charge in [-0.3, -0.25) is 9.88 Å². The zero-order valence-electron chi connectivity index (χ0n) is 10.5. The fraction of sp³-hybridized carbons (Fsp3) is 0.833. The number of ether oxygens (including phenoxy) is 1. The molecule has 2 N–H and O–H groups in total. The number of hydrogen-bond donors (Lipinski definition) is 2. The molecule has 18 heavy (non-hydrogen) atoms. The average molecular weight is 252 g/mol. The molecule has 0 spiro atoms. The molecule has 1 aliphatic carbocycles. The van der Waals surface area contributed by atoms with Gasteiger partial charge in [-0.15, -0.1) is 0 Å². The lowest BCUT2D eigenvalue weighted by Crippen LogP contribution is -2.36. The highest BCUT2D eigenvalue weighted by Crippen LogP contribution is 2.28. The Hall–Kier alpha value is -1.14. The molecule has 1 aromatic rings. The molecule has 6 nitrogen and oxygen atoms in total. The molecule has 1 saturated carbocycles. The maximum absolute atomic E-state index is 11.1. The second-order valence-corrected chi connectivity index (χ2v) is 5.18. The van der Waals surface area contributed by atoms with Gasteiger partial charge in [0.1, 0.15) is 5.82 Å². The number of rotatable bonds is 5. The van der Waals surface area contributed by atoms with Crippen LogP contribution >= 0.6 is 0 Å². The van der Waals surface area contributed by atoms with Crippen molar-refractivity contribution in [1.29, 1.82) is 0 Å². The second kappa shape index (κ2) is 5.24. The summed E-state index contributed by atoms with van der Waals surface area (Å²) in [6.07, 6.45) is 6.42. The van der Waals surface area contributed by atoms with E-state index in [0.717, 1.165) is 31.9 Å². The lowest BCUT2D eigenvalue weighted by atomic mass is 10.0. The van der Waals surface area contributed by atoms with Crippen molar-refractivity contribution in [2.45, 2.75) is 44.2 Å². The highest BCUT2D eigenvalue weighted by atomic mass is 16.5. The van der Waals surface area contributed by atoms with Gasteiger partial charge >= 0.3 is 5.69 Å². The number of piperidine rings is 1. The molecule has 6 heteroatoms. The summed E-state index contributed by atoms with van der Waals surface area (Å²) < 4.78 is 5.70. The maximum Gasteiger partial charge on any atom is 0.340 e. The van der Waals surface area contributed by atoms with Crippen molar-refractivity contribution in [3.05, 3.63) is 16.3 Å². The fourth-order valence-corrected chi connectivity index (χ4v) is 2.58. The first-order valence-corrected chi connectivity index (χ1v) is 6.83. The third kappa shape index (κ3) is 2.81. The molecular formula is C12H20N4O2. The maximum atomic E-state index is 11.1. The van der Waals surface area contributed by atoms with Crippen molar-refractivity contribution in [1.82, 2.24) is 20.1 Å². The van der Waals surface area contributed by atoms with Gasteiger partial charge in [-0.2, -0.15) is 5.10 Å². The van der Waals surface area contributed by atoms with Crippen molar-refractivity contribution >= 4 is 0 Å². The lowest BCUT2D eigenvalue weighted by molar-refractivity contribution is 0.0612. The fourth-order valence-electron chi connectivity index (χ4n) is 2.58. The van der Waals surface area contributed by atoms with E-state index in [0.29, 0.717) is 6.10 Å². The molecule has 1 aliphatic heterocycles. The molecule has 100 valence electrons. The highest BCUT2D eigenvalue weighted by Gasteiger charge is 2.27. The number of likely N-dealkylation sites (tertiary alicyclic amines) is 1. The van der Waals surface area contributed by atoms with Crippen LogP contribution in [-0.4, -0.2) is 45.9 Å². The van der Waals surface area contributed by atoms with Gasteiger partial charge in [0.05, 0.1) is 18.8 Å². The van der Waals surface area contributed by atoms with Crippen LogP contribution in [0.2, 0.25) is 0 Å². The van der Waals surface area contributed by atoms with Crippen LogP contribution in [0.1, 0.15) is 44.0 Å². The number of H-pyrrole nitrogens is 2. The van der Waals surface area contributed by atoms with Crippen LogP contribution in [-0.2, 0) is 4.74 Å². The van der Waals surface area contributed by atoms with Crippen LogP contribution in [0, 0.1) is 0 Å². The Morgan fingerprint density at radius 2 is 2.22 bits per heavy atom. The number of hydrogen-bond acceptors (Lipinski definition) is 4. The smallest absolute Gasteiger partial charge is 0.340 e. The summed E-state index contributed by atoms with van der Waals surface area (Å²) in [5, 5.41) is 6.52. The topological polar surface area (TPSA) is 74.0 Å². The molecule has 1 unspecified atom stereocenters. The Morgan fingerprint density at radius 3 is 2.94 bits per heavy atom. The number of aromatic amines is 2. The van der Waals surface area contributed by atoms with Crippen molar-refractivity contribution in [2.24, 2.45) is 0 Å². The van der Waals surface area contributed by atoms with E-state index < -0.39 is 0 Å². The van der Waals surface area contributed by atoms with Crippen molar-refractivity contribution in [3.63, 3.8) is 0 Å². The Labute approximate surface area is 106 Å². The minimum Gasteiger partial charge on any atom is -0.377 e. The molecule has 2 heterocycles. The van der Waals surface area contributed by atoms with Gasteiger partial charge in [0.25, 0.3) is 0 Å². The summed E-state index contributed by atoms with van der Waals surface area (Å²) in [6.45, 7) is 2.78. The second-order valence-electron chi connectivity index (χ2n) is 5.18. The molecule has 1 atom stereocenters. The van der Waals surface area contributed by atoms with E-state index in [9.17, 15) is 4.79 Å². The van der Waals surface area contributed by atoms with Gasteiger partial charge < -0.3 is 4.74 Å². The Bertz CT molecular complexity index is 437. The molecule has 0 aromatic carbocycles. The Balaban J connectivity index is 1.59. The summed E-state index contributed by atoms with van der Waals surface area (Å²) in [5.41, 5.74) is -0.218. The molecule has 2 fully saturated rings. The average Bonchev–Trinajstić information content (AvgIpc) is 3.11. The van der Waals surface area contributed by atoms with Crippen molar-refractivity contribution in [2.75, 3.05) is 19.7 Å². The summed E-state index contributed by atoms with van der Waals surface area (Å²) in [7, 11) is 0. The van der Waals surface area contributed by atoms with Crippen LogP contribution in [0.15, 0.2) is 4.79 Å². The standard InChI is InChI=1S/C12H20N4O2/c17-12-13-11(14-15-12)10-3-1-2-6-16(10)7-8-18-9-4-5-9/h9-10H,1-8H2,(H2,13,14,15,17). The van der Waals surface area contributed by atoms with Gasteiger partial charge in [-0.05, 0) is 32.2 Å². The SMILES string of the molecule is O=c1[nH]nc(C2CCCCN2CCOC2CC2)[nH]1. The number of aromatic nitrogens is 3. The van der Waals surface area contributed by atoms with Crippen LogP contribution in [0.5, 0.6) is 0 Å². The normalized spacial score (nSPS) is 25.4. The van der Waals surface area contributed by atoms with E-state index in [4.69, 9.17) is 4.74 Å². The van der Waals surface area contributed by atoms with Crippen LogP contribution < -0.4 is 5.69 Å². The van der Waals surface area contributed by atoms with Gasteiger partial charge in [0, 0.05) is 6.54 Å². The Morgan fingerprint density at radius 1 is 1.33 bits per heavy atom. The zero-order chi connectivity index (χ0) is 12.4. The summed E-state index contributed by atoms with van der Waals surface area (Å²) in [6, 6.07) is 0.237. The molecule has 3 rings (SSSR count). The molecule has 0 amide bonds. The van der Waals surface area contributed by atoms with E-state index >= 15 is 0 Å². The predicted molar refractivity (Wildman–Crippen MR) is 66.3 cm³/mol. The van der Waals surface area contributed by atoms with Crippen molar-refractivity contribution < 1.29 is 4.74 Å². The van der Waals surface area contributed by atoms with Crippen LogP contribution in [0.3, 0.4) is 0 Å². The lowest BCUT2D eigenvalue weighted by Gasteiger charge is -2.33. The minimum atomic E-state index is -0.218. The van der Waals surface area contributed by atoms with Crippen LogP contribution in [0.4, 0.5) is 0 Å². The van der Waals surface area contributed by atoms with E-state index in [2.05, 4.69) is 20.1 Å². The van der Waals surface area contributed by atoms with Gasteiger partial charge in [-0.1, -0.05) is 6.42 Å². The van der Waals surface area contributed by atoms with E-state index in [1.54, 1.807) is 0 Å². The minimum absolute atomic E-state index is 0.218. The monoisotopic (exact) mass is 252 g/mol. The summed E-state index contributed by atoms with van der Waals surface area (Å²) in [5.74, 6) is 0.770. The molecule has 2 aliphatic rings. The van der Waals surface area contributed by atoms with E-state index in [-0.39, 0.29) is 11.7 Å². The Kier molecular flexibility index (Phi) is 3.47. The first kappa shape index (κ1) is 11.9. The molecule has 0 bridgehead atoms. The quantitative estimate of drug-likeness (QED) is 0.813. The van der Waals surface area contributed by atoms with E-state index in [1.807, 2.05) is 0 Å². The third-order valence-corrected chi connectivity index (χ3v) is 3.71. The zero-order valence-corrected chi connectivity index (χ0v) is 10.5. The number of nitrogens with one attached hydrogen (secondary N) is 2. The molecular weight excluding hydrogens is 232 g/mol. The number of nitrogens with zero attached hydrogens (tertiary/aromatic N) is 2. The molecule has 0 radical (unpaired) electrons. The third-order valence-electron chi connectivity index (χ3n) is 3.71. The predicted octanol–water partition coefficient (Wildman–Crippen LogP) is 0.804. The van der Waals surface area contributed by atoms with Gasteiger partial charge in [0.15, 0.2) is 0 Å².